The lowest BCUT2D eigenvalue weighted by atomic mass is 10.0. The summed E-state index contributed by atoms with van der Waals surface area (Å²) in [5.74, 6) is 3.72. The van der Waals surface area contributed by atoms with Crippen LogP contribution in [0.3, 0.4) is 0 Å². The molecule has 262 valence electrons. The number of ether oxygens (including phenoxy) is 3. The van der Waals surface area contributed by atoms with Crippen LogP contribution in [0.5, 0.6) is 28.9 Å². The molecule has 1 aromatic heterocycles. The first-order valence-corrected chi connectivity index (χ1v) is 17.7. The van der Waals surface area contributed by atoms with Crippen molar-refractivity contribution >= 4 is 23.6 Å². The van der Waals surface area contributed by atoms with Crippen LogP contribution in [-0.2, 0) is 17.9 Å². The molecule has 2 heterocycles. The van der Waals surface area contributed by atoms with E-state index in [-0.39, 0.29) is 5.91 Å². The van der Waals surface area contributed by atoms with Crippen molar-refractivity contribution in [1.29, 1.82) is 0 Å². The van der Waals surface area contributed by atoms with Crippen molar-refractivity contribution in [2.24, 2.45) is 0 Å². The third-order valence-corrected chi connectivity index (χ3v) is 9.19. The van der Waals surface area contributed by atoms with E-state index in [1.54, 1.807) is 30.5 Å². The maximum Gasteiger partial charge on any atom is 0.246 e. The fourth-order valence-electron chi connectivity index (χ4n) is 5.83. The van der Waals surface area contributed by atoms with Gasteiger partial charge in [0.2, 0.25) is 11.8 Å². The summed E-state index contributed by atoms with van der Waals surface area (Å²) in [6.45, 7) is 12.6. The summed E-state index contributed by atoms with van der Waals surface area (Å²) in [4.78, 5) is 21.7. The number of carbonyl (C=O) groups excluding carboxylic acids is 1. The van der Waals surface area contributed by atoms with Crippen LogP contribution >= 0.6 is 11.6 Å². The number of pyridine rings is 1. The molecule has 1 fully saturated rings. The Labute approximate surface area is 306 Å². The third-order valence-electron chi connectivity index (χ3n) is 8.91. The second-order valence-electron chi connectivity index (χ2n) is 13.3. The van der Waals surface area contributed by atoms with Gasteiger partial charge in [0.05, 0.1) is 11.2 Å². The molecule has 7 nitrogen and oxygen atoms in total. The van der Waals surface area contributed by atoms with Gasteiger partial charge in [0.1, 0.15) is 23.9 Å². The summed E-state index contributed by atoms with van der Waals surface area (Å²) in [6, 6.07) is 32.1. The van der Waals surface area contributed by atoms with E-state index in [0.717, 1.165) is 47.8 Å². The van der Waals surface area contributed by atoms with E-state index in [2.05, 4.69) is 67.1 Å². The molecule has 0 aliphatic carbocycles. The van der Waals surface area contributed by atoms with Crippen LogP contribution in [0, 0.1) is 13.8 Å². The van der Waals surface area contributed by atoms with Gasteiger partial charge in [-0.15, -0.1) is 0 Å². The van der Waals surface area contributed by atoms with E-state index in [4.69, 9.17) is 25.8 Å². The van der Waals surface area contributed by atoms with Crippen molar-refractivity contribution in [2.75, 3.05) is 26.2 Å². The van der Waals surface area contributed by atoms with Crippen molar-refractivity contribution in [1.82, 2.24) is 14.8 Å². The standard InChI is InChI=1S/C43H44ClN3O4/c1-30(2)36-12-16-38(17-13-36)50-37-14-9-33(10-15-37)28-46-21-23-47(24-22-46)42(48)20-11-35-25-32(4)43(40(44)26-35)51-41-19-18-39(27-45-41)49-29-34-7-5-31(3)6-8-34/h5-20,25-27,30H,21-24,28-29H2,1-4H3. The van der Waals surface area contributed by atoms with Crippen LogP contribution in [0.25, 0.3) is 6.08 Å². The number of nitrogens with zero attached hydrogens (tertiary/aromatic N) is 3. The normalized spacial score (nSPS) is 13.5. The number of aryl methyl sites for hydroxylation is 2. The van der Waals surface area contributed by atoms with Crippen LogP contribution in [0.1, 0.15) is 53.1 Å². The Morgan fingerprint density at radius 2 is 1.45 bits per heavy atom. The van der Waals surface area contributed by atoms with Crippen LogP contribution in [-0.4, -0.2) is 46.9 Å². The van der Waals surface area contributed by atoms with E-state index in [1.165, 1.54) is 16.7 Å². The Morgan fingerprint density at radius 1 is 0.804 bits per heavy atom. The highest BCUT2D eigenvalue weighted by atomic mass is 35.5. The van der Waals surface area contributed by atoms with E-state index in [9.17, 15) is 4.79 Å². The lowest BCUT2D eigenvalue weighted by Crippen LogP contribution is -2.47. The summed E-state index contributed by atoms with van der Waals surface area (Å²) in [6.07, 6.45) is 5.06. The predicted molar refractivity (Wildman–Crippen MR) is 204 cm³/mol. The third kappa shape index (κ3) is 10.00. The average Bonchev–Trinajstić information content (AvgIpc) is 3.14. The molecule has 51 heavy (non-hydrogen) atoms. The predicted octanol–water partition coefficient (Wildman–Crippen LogP) is 10.00. The largest absolute Gasteiger partial charge is 0.487 e. The van der Waals surface area contributed by atoms with Gasteiger partial charge in [-0.3, -0.25) is 9.69 Å². The van der Waals surface area contributed by atoms with Crippen molar-refractivity contribution in [3.63, 3.8) is 0 Å². The van der Waals surface area contributed by atoms with Crippen molar-refractivity contribution in [3.05, 3.63) is 148 Å². The Kier molecular flexibility index (Phi) is 11.7. The average molecular weight is 702 g/mol. The van der Waals surface area contributed by atoms with Crippen molar-refractivity contribution in [2.45, 2.75) is 46.8 Å². The van der Waals surface area contributed by atoms with Gasteiger partial charge in [-0.1, -0.05) is 79.5 Å². The zero-order valence-corrected chi connectivity index (χ0v) is 30.4. The summed E-state index contributed by atoms with van der Waals surface area (Å²) < 4.78 is 17.9. The minimum Gasteiger partial charge on any atom is -0.487 e. The maximum absolute atomic E-state index is 13.1. The number of amides is 1. The number of carbonyl (C=O) groups is 1. The number of rotatable bonds is 12. The first-order chi connectivity index (χ1) is 24.7. The molecule has 8 heteroatoms. The van der Waals surface area contributed by atoms with Crippen LogP contribution in [0.4, 0.5) is 0 Å². The van der Waals surface area contributed by atoms with E-state index >= 15 is 0 Å². The summed E-state index contributed by atoms with van der Waals surface area (Å²) >= 11 is 6.63. The Balaban J connectivity index is 0.952. The molecule has 0 saturated carbocycles. The van der Waals surface area contributed by atoms with Gasteiger partial charge < -0.3 is 19.1 Å². The second kappa shape index (κ2) is 16.7. The molecule has 1 saturated heterocycles. The Bertz CT molecular complexity index is 1910. The fraction of sp³-hybridized carbons (Fsp3) is 0.256. The highest BCUT2D eigenvalue weighted by molar-refractivity contribution is 6.32. The molecule has 0 N–H and O–H groups in total. The van der Waals surface area contributed by atoms with Crippen LogP contribution in [0.15, 0.2) is 109 Å². The molecular formula is C43H44ClN3O4. The van der Waals surface area contributed by atoms with Gasteiger partial charge in [-0.2, -0.15) is 0 Å². The summed E-state index contributed by atoms with van der Waals surface area (Å²) in [5, 5.41) is 0.442. The molecule has 1 aliphatic rings. The lowest BCUT2D eigenvalue weighted by molar-refractivity contribution is -0.127. The zero-order chi connectivity index (χ0) is 35.7. The molecule has 1 amide bonds. The quantitative estimate of drug-likeness (QED) is 0.121. The molecule has 0 spiro atoms. The highest BCUT2D eigenvalue weighted by Gasteiger charge is 2.20. The molecule has 0 bridgehead atoms. The molecule has 4 aromatic carbocycles. The van der Waals surface area contributed by atoms with Gasteiger partial charge in [0.15, 0.2) is 5.75 Å². The number of benzene rings is 4. The van der Waals surface area contributed by atoms with Crippen LogP contribution < -0.4 is 14.2 Å². The Morgan fingerprint density at radius 3 is 2.08 bits per heavy atom. The number of hydrogen-bond donors (Lipinski definition) is 0. The number of halogens is 1. The SMILES string of the molecule is Cc1ccc(COc2ccc(Oc3c(C)cc(C=CC(=O)N4CCN(Cc5ccc(Oc6ccc(C(C)C)cc6)cc5)CC4)cc3Cl)nc2)cc1. The van der Waals surface area contributed by atoms with Gasteiger partial charge in [0.25, 0.3) is 0 Å². The monoisotopic (exact) mass is 701 g/mol. The fourth-order valence-corrected chi connectivity index (χ4v) is 6.14. The number of piperazine rings is 1. The van der Waals surface area contributed by atoms with Crippen LogP contribution in [0.2, 0.25) is 5.02 Å². The number of hydrogen-bond acceptors (Lipinski definition) is 6. The lowest BCUT2D eigenvalue weighted by Gasteiger charge is -2.34. The smallest absolute Gasteiger partial charge is 0.246 e. The topological polar surface area (TPSA) is 64.1 Å². The maximum atomic E-state index is 13.1. The molecule has 1 aliphatic heterocycles. The minimum atomic E-state index is -0.0134. The Hall–Kier alpha value is -5.11. The molecule has 0 unspecified atom stereocenters. The van der Waals surface area contributed by atoms with Gasteiger partial charge >= 0.3 is 0 Å². The van der Waals surface area contributed by atoms with E-state index in [0.29, 0.717) is 48.0 Å². The summed E-state index contributed by atoms with van der Waals surface area (Å²) in [7, 11) is 0. The van der Waals surface area contributed by atoms with E-state index in [1.807, 2.05) is 60.4 Å². The first kappa shape index (κ1) is 35.7. The zero-order valence-electron chi connectivity index (χ0n) is 29.6. The second-order valence-corrected chi connectivity index (χ2v) is 13.7. The molecular weight excluding hydrogens is 658 g/mol. The summed E-state index contributed by atoms with van der Waals surface area (Å²) in [5.41, 5.74) is 6.47. The first-order valence-electron chi connectivity index (χ1n) is 17.4. The van der Waals surface area contributed by atoms with Gasteiger partial charge in [-0.25, -0.2) is 4.98 Å². The molecule has 6 rings (SSSR count). The van der Waals surface area contributed by atoms with Gasteiger partial charge in [-0.05, 0) is 96.1 Å². The molecule has 5 aromatic rings. The minimum absolute atomic E-state index is 0.0134. The van der Waals surface area contributed by atoms with Crippen molar-refractivity contribution < 1.29 is 19.0 Å². The number of aromatic nitrogens is 1. The van der Waals surface area contributed by atoms with E-state index < -0.39 is 0 Å². The van der Waals surface area contributed by atoms with Gasteiger partial charge in [0, 0.05) is 44.9 Å². The molecule has 0 radical (unpaired) electrons. The highest BCUT2D eigenvalue weighted by Crippen LogP contribution is 2.34. The van der Waals surface area contributed by atoms with Crippen molar-refractivity contribution in [3.8, 4) is 28.9 Å². The molecule has 0 atom stereocenters.